The Hall–Kier alpha value is -2.22. The SMILES string of the molecule is C=C(/C(C)=C\C)c1cc(C)c(N)c(C)c1.C=C(C)C.C=C(C)N.CC.CC.CC(C)C. The molecular weight excluding hydrogens is 376 g/mol. The first-order chi connectivity index (χ1) is 14.2. The number of anilines is 1. The second-order valence-corrected chi connectivity index (χ2v) is 7.76. The number of aryl methyl sites for hydroxylation is 2. The lowest BCUT2D eigenvalue weighted by atomic mass is 9.96. The van der Waals surface area contributed by atoms with Crippen LogP contribution in [0.2, 0.25) is 0 Å². The lowest BCUT2D eigenvalue weighted by Crippen LogP contribution is -1.96. The average Bonchev–Trinajstić information content (AvgIpc) is 2.66. The molecule has 0 aliphatic carbocycles. The van der Waals surface area contributed by atoms with Gasteiger partial charge >= 0.3 is 0 Å². The molecule has 1 aromatic rings. The van der Waals surface area contributed by atoms with Crippen LogP contribution in [0.4, 0.5) is 5.69 Å². The maximum atomic E-state index is 5.92. The van der Waals surface area contributed by atoms with Crippen LogP contribution in [0.3, 0.4) is 0 Å². The van der Waals surface area contributed by atoms with Gasteiger partial charge in [-0.15, -0.1) is 6.58 Å². The summed E-state index contributed by atoms with van der Waals surface area (Å²) in [6.45, 7) is 39.3. The standard InChI is InChI=1S/C14H19N.C4H10.C4H8.C3H7N.2C2H6/c1-6-9(2)12(5)13-7-10(3)14(15)11(4)8-13;2*1-4(2)3;1-3(2)4;2*1-2/h6-8H,5,15H2,1-4H3;4H,1-3H3;1H2,2-3H3;1,4H2,2H3;2*1-2H3/b9-6-;;;;;. The minimum absolute atomic E-state index is 0.667. The summed E-state index contributed by atoms with van der Waals surface area (Å²) in [5.41, 5.74) is 19.2. The highest BCUT2D eigenvalue weighted by Gasteiger charge is 2.05. The van der Waals surface area contributed by atoms with Crippen molar-refractivity contribution in [2.24, 2.45) is 11.7 Å². The molecule has 0 radical (unpaired) electrons. The second kappa shape index (κ2) is 25.8. The number of nitrogen functional groups attached to an aromatic ring is 1. The molecule has 0 spiro atoms. The molecule has 1 aromatic carbocycles. The van der Waals surface area contributed by atoms with Crippen LogP contribution in [-0.4, -0.2) is 0 Å². The van der Waals surface area contributed by atoms with Gasteiger partial charge in [-0.1, -0.05) is 73.3 Å². The van der Waals surface area contributed by atoms with Crippen molar-refractivity contribution >= 4 is 11.3 Å². The largest absolute Gasteiger partial charge is 0.403 e. The number of benzene rings is 1. The van der Waals surface area contributed by atoms with Gasteiger partial charge in [0.05, 0.1) is 0 Å². The molecule has 0 saturated heterocycles. The van der Waals surface area contributed by atoms with Gasteiger partial charge in [0.1, 0.15) is 0 Å². The highest BCUT2D eigenvalue weighted by molar-refractivity contribution is 5.78. The monoisotopic (exact) mass is 432 g/mol. The van der Waals surface area contributed by atoms with Gasteiger partial charge in [-0.05, 0) is 100 Å². The van der Waals surface area contributed by atoms with E-state index in [9.17, 15) is 0 Å². The van der Waals surface area contributed by atoms with Crippen molar-refractivity contribution in [3.63, 3.8) is 0 Å². The van der Waals surface area contributed by atoms with Crippen LogP contribution in [0.5, 0.6) is 0 Å². The van der Waals surface area contributed by atoms with E-state index >= 15 is 0 Å². The highest BCUT2D eigenvalue weighted by atomic mass is 14.6. The zero-order chi connectivity index (χ0) is 26.3. The summed E-state index contributed by atoms with van der Waals surface area (Å²) < 4.78 is 0. The maximum absolute atomic E-state index is 5.92. The Bertz CT molecular complexity index is 586. The fraction of sp³-hybridized carbons (Fsp3) is 0.517. The van der Waals surface area contributed by atoms with Crippen molar-refractivity contribution < 1.29 is 0 Å². The van der Waals surface area contributed by atoms with Gasteiger partial charge in [-0.25, -0.2) is 0 Å². The molecule has 0 aliphatic rings. The van der Waals surface area contributed by atoms with Crippen LogP contribution in [-0.2, 0) is 0 Å². The van der Waals surface area contributed by atoms with E-state index in [-0.39, 0.29) is 0 Å². The van der Waals surface area contributed by atoms with Gasteiger partial charge in [0.2, 0.25) is 0 Å². The Kier molecular flexibility index (Phi) is 32.7. The lowest BCUT2D eigenvalue weighted by molar-refractivity contribution is 0.737. The Morgan fingerprint density at radius 3 is 1.26 bits per heavy atom. The second-order valence-electron chi connectivity index (χ2n) is 7.76. The van der Waals surface area contributed by atoms with E-state index in [1.165, 1.54) is 11.1 Å². The van der Waals surface area contributed by atoms with Gasteiger partial charge in [0.25, 0.3) is 0 Å². The van der Waals surface area contributed by atoms with E-state index in [1.54, 1.807) is 6.92 Å². The predicted molar refractivity (Wildman–Crippen MR) is 151 cm³/mol. The summed E-state index contributed by atoms with van der Waals surface area (Å²) in [4.78, 5) is 0. The molecule has 0 bridgehead atoms. The zero-order valence-corrected chi connectivity index (χ0v) is 23.6. The summed E-state index contributed by atoms with van der Waals surface area (Å²) in [5, 5.41) is 0. The average molecular weight is 433 g/mol. The first kappa shape index (κ1) is 39.3. The Labute approximate surface area is 197 Å². The molecule has 2 nitrogen and oxygen atoms in total. The molecule has 4 N–H and O–H groups in total. The summed E-state index contributed by atoms with van der Waals surface area (Å²) in [6, 6.07) is 4.19. The first-order valence-electron chi connectivity index (χ1n) is 11.4. The van der Waals surface area contributed by atoms with Crippen LogP contribution in [0, 0.1) is 19.8 Å². The topological polar surface area (TPSA) is 52.0 Å². The number of rotatable bonds is 2. The number of hydrogen-bond acceptors (Lipinski definition) is 2. The third-order valence-electron chi connectivity index (χ3n) is 2.85. The normalized spacial score (nSPS) is 8.81. The van der Waals surface area contributed by atoms with Gasteiger partial charge < -0.3 is 11.5 Å². The quantitative estimate of drug-likeness (QED) is 0.277. The number of allylic oxidation sites excluding steroid dienone is 5. The summed E-state index contributed by atoms with van der Waals surface area (Å²) in [5.74, 6) is 0.833. The Balaban J connectivity index is -0.000000116. The van der Waals surface area contributed by atoms with Gasteiger partial charge in [0, 0.05) is 5.69 Å². The Morgan fingerprint density at radius 2 is 1.06 bits per heavy atom. The first-order valence-corrected chi connectivity index (χ1v) is 11.4. The zero-order valence-electron chi connectivity index (χ0n) is 23.6. The van der Waals surface area contributed by atoms with E-state index < -0.39 is 0 Å². The summed E-state index contributed by atoms with van der Waals surface area (Å²) in [7, 11) is 0. The van der Waals surface area contributed by atoms with Crippen LogP contribution >= 0.6 is 0 Å². The molecule has 0 aromatic heterocycles. The molecule has 182 valence electrons. The summed E-state index contributed by atoms with van der Waals surface area (Å²) in [6.07, 6.45) is 2.07. The van der Waals surface area contributed by atoms with Crippen molar-refractivity contribution in [3.05, 3.63) is 71.5 Å². The van der Waals surface area contributed by atoms with E-state index in [0.717, 1.165) is 33.9 Å². The predicted octanol–water partition coefficient (Wildman–Crippen LogP) is 9.64. The van der Waals surface area contributed by atoms with Crippen molar-refractivity contribution in [3.8, 4) is 0 Å². The molecule has 0 saturated carbocycles. The number of hydrogen-bond donors (Lipinski definition) is 2. The van der Waals surface area contributed by atoms with Gasteiger partial charge in [-0.3, -0.25) is 0 Å². The minimum Gasteiger partial charge on any atom is -0.403 e. The number of nitrogens with two attached hydrogens (primary N) is 2. The van der Waals surface area contributed by atoms with Crippen molar-refractivity contribution in [2.45, 2.75) is 96.9 Å². The van der Waals surface area contributed by atoms with E-state index in [0.29, 0.717) is 5.70 Å². The van der Waals surface area contributed by atoms with Crippen LogP contribution in [0.25, 0.3) is 5.57 Å². The van der Waals surface area contributed by atoms with E-state index in [2.05, 4.69) is 65.6 Å². The molecule has 2 heteroatoms. The molecule has 0 amide bonds. The van der Waals surface area contributed by atoms with Crippen molar-refractivity contribution in [1.82, 2.24) is 0 Å². The van der Waals surface area contributed by atoms with Gasteiger partial charge in [-0.2, -0.15) is 0 Å². The molecule has 1 rings (SSSR count). The third-order valence-corrected chi connectivity index (χ3v) is 2.85. The molecule has 0 heterocycles. The molecule has 0 aliphatic heterocycles. The minimum atomic E-state index is 0.667. The maximum Gasteiger partial charge on any atom is 0.0373 e. The molecular formula is C29H56N2. The van der Waals surface area contributed by atoms with Crippen molar-refractivity contribution in [1.29, 1.82) is 0 Å². The summed E-state index contributed by atoms with van der Waals surface area (Å²) >= 11 is 0. The smallest absolute Gasteiger partial charge is 0.0373 e. The molecule has 0 fully saturated rings. The van der Waals surface area contributed by atoms with Crippen LogP contribution in [0.15, 0.2) is 54.8 Å². The molecule has 0 unspecified atom stereocenters. The highest BCUT2D eigenvalue weighted by Crippen LogP contribution is 2.26. The fourth-order valence-electron chi connectivity index (χ4n) is 1.55. The van der Waals surface area contributed by atoms with E-state index in [1.807, 2.05) is 62.3 Å². The lowest BCUT2D eigenvalue weighted by Gasteiger charge is -2.11. The fourth-order valence-corrected chi connectivity index (χ4v) is 1.55. The molecule has 31 heavy (non-hydrogen) atoms. The Morgan fingerprint density at radius 1 is 0.839 bits per heavy atom. The van der Waals surface area contributed by atoms with Crippen LogP contribution in [0.1, 0.15) is 99.8 Å². The van der Waals surface area contributed by atoms with E-state index in [4.69, 9.17) is 11.5 Å². The van der Waals surface area contributed by atoms with Gasteiger partial charge in [0.15, 0.2) is 0 Å². The van der Waals surface area contributed by atoms with Crippen molar-refractivity contribution in [2.75, 3.05) is 5.73 Å². The molecule has 0 atom stereocenters. The third kappa shape index (κ3) is 32.6. The van der Waals surface area contributed by atoms with Crippen LogP contribution < -0.4 is 11.5 Å².